The van der Waals surface area contributed by atoms with Gasteiger partial charge in [-0.15, -0.1) is 0 Å². The van der Waals surface area contributed by atoms with Crippen LogP contribution in [0.4, 0.5) is 0 Å². The minimum absolute atomic E-state index is 0.0117. The lowest BCUT2D eigenvalue weighted by molar-refractivity contribution is -0.129. The Balaban J connectivity index is 2.17. The number of rotatable bonds is 35. The van der Waals surface area contributed by atoms with Crippen molar-refractivity contribution in [2.24, 2.45) is 4.99 Å². The van der Waals surface area contributed by atoms with Crippen LogP contribution in [-0.2, 0) is 9.59 Å². The van der Waals surface area contributed by atoms with Gasteiger partial charge in [-0.05, 0) is 51.4 Å². The third-order valence-electron chi connectivity index (χ3n) is 9.77. The smallest absolute Gasteiger partial charge is 0.242 e. The standard InChI is InChI=1S/C42H81N5O2/c1-3-5-7-9-11-13-15-17-19-20-22-24-26-28-30-33-40(48)47-39(34-38-46-42-44-36-32-37-45-42)41(49)43-35-31-29-27-25-23-21-18-16-14-12-10-8-6-4-2/h17,19,39H,3-16,18,20-38H2,1-2H3,(H,43,49)(H,47,48)(H2,44,45,46)/b19-17-/t39-/m0/s1. The van der Waals surface area contributed by atoms with Gasteiger partial charge in [0.2, 0.25) is 11.8 Å². The van der Waals surface area contributed by atoms with E-state index < -0.39 is 6.04 Å². The van der Waals surface area contributed by atoms with Crippen molar-refractivity contribution in [3.8, 4) is 0 Å². The summed E-state index contributed by atoms with van der Waals surface area (Å²) in [6.45, 7) is 7.57. The Morgan fingerprint density at radius 1 is 0.653 bits per heavy atom. The van der Waals surface area contributed by atoms with Gasteiger partial charge >= 0.3 is 0 Å². The molecule has 0 aromatic carbocycles. The predicted molar refractivity (Wildman–Crippen MR) is 212 cm³/mol. The molecule has 1 aliphatic heterocycles. The Morgan fingerprint density at radius 3 is 1.65 bits per heavy atom. The molecule has 1 atom stereocenters. The third kappa shape index (κ3) is 30.5. The zero-order chi connectivity index (χ0) is 35.3. The number of guanidine groups is 1. The topological polar surface area (TPSA) is 94.6 Å². The van der Waals surface area contributed by atoms with E-state index in [0.29, 0.717) is 25.9 Å². The van der Waals surface area contributed by atoms with E-state index in [4.69, 9.17) is 0 Å². The molecule has 1 rings (SSSR count). The number of hydrogen-bond donors (Lipinski definition) is 4. The Kier molecular flexibility index (Phi) is 32.8. The van der Waals surface area contributed by atoms with Crippen molar-refractivity contribution < 1.29 is 9.59 Å². The highest BCUT2D eigenvalue weighted by Gasteiger charge is 2.20. The van der Waals surface area contributed by atoms with Crippen LogP contribution in [0.25, 0.3) is 0 Å². The van der Waals surface area contributed by atoms with Crippen LogP contribution in [0.5, 0.6) is 0 Å². The summed E-state index contributed by atoms with van der Waals surface area (Å²) in [5.41, 5.74) is 0. The minimum atomic E-state index is -0.515. The highest BCUT2D eigenvalue weighted by Crippen LogP contribution is 2.13. The van der Waals surface area contributed by atoms with E-state index >= 15 is 0 Å². The first-order valence-electron chi connectivity index (χ1n) is 21.4. The Hall–Kier alpha value is -2.05. The monoisotopic (exact) mass is 688 g/mol. The molecular formula is C42H81N5O2. The predicted octanol–water partition coefficient (Wildman–Crippen LogP) is 10.4. The summed E-state index contributed by atoms with van der Waals surface area (Å²) < 4.78 is 0. The van der Waals surface area contributed by atoms with Crippen LogP contribution >= 0.6 is 0 Å². The molecule has 0 saturated carbocycles. The van der Waals surface area contributed by atoms with E-state index in [2.05, 4.69) is 52.3 Å². The summed E-state index contributed by atoms with van der Waals surface area (Å²) in [7, 11) is 0. The molecule has 0 saturated heterocycles. The van der Waals surface area contributed by atoms with Gasteiger partial charge in [0.05, 0.1) is 0 Å². The number of unbranched alkanes of at least 4 members (excludes halogenated alkanes) is 24. The molecule has 0 bridgehead atoms. The van der Waals surface area contributed by atoms with E-state index in [9.17, 15) is 9.59 Å². The molecule has 1 aliphatic rings. The molecule has 286 valence electrons. The van der Waals surface area contributed by atoms with E-state index in [1.807, 2.05) is 0 Å². The lowest BCUT2D eigenvalue weighted by Gasteiger charge is -2.21. The summed E-state index contributed by atoms with van der Waals surface area (Å²) in [4.78, 5) is 30.4. The first kappa shape index (κ1) is 45.0. The van der Waals surface area contributed by atoms with E-state index in [-0.39, 0.29) is 11.8 Å². The number of nitrogens with zero attached hydrogens (tertiary/aromatic N) is 1. The molecule has 1 heterocycles. The fourth-order valence-electron chi connectivity index (χ4n) is 6.53. The lowest BCUT2D eigenvalue weighted by Crippen LogP contribution is -2.49. The van der Waals surface area contributed by atoms with Crippen LogP contribution in [-0.4, -0.2) is 50.0 Å². The quantitative estimate of drug-likeness (QED) is 0.0394. The van der Waals surface area contributed by atoms with Crippen molar-refractivity contribution in [2.45, 2.75) is 213 Å². The van der Waals surface area contributed by atoms with E-state index in [0.717, 1.165) is 51.2 Å². The number of carbonyl (C=O) groups excluding carboxylic acids is 2. The van der Waals surface area contributed by atoms with Crippen molar-refractivity contribution in [1.29, 1.82) is 0 Å². The molecule has 2 amide bonds. The molecule has 7 heteroatoms. The Labute approximate surface area is 303 Å². The molecule has 0 aliphatic carbocycles. The second-order valence-electron chi connectivity index (χ2n) is 14.6. The number of carbonyl (C=O) groups is 2. The van der Waals surface area contributed by atoms with Crippen molar-refractivity contribution in [1.82, 2.24) is 21.3 Å². The fraction of sp³-hybridized carbons (Fsp3) is 0.881. The molecule has 0 radical (unpaired) electrons. The van der Waals surface area contributed by atoms with Crippen LogP contribution in [0.3, 0.4) is 0 Å². The molecule has 0 spiro atoms. The van der Waals surface area contributed by atoms with Crippen LogP contribution in [0.15, 0.2) is 17.1 Å². The second-order valence-corrected chi connectivity index (χ2v) is 14.6. The van der Waals surface area contributed by atoms with Gasteiger partial charge in [-0.25, -0.2) is 0 Å². The van der Waals surface area contributed by atoms with Crippen molar-refractivity contribution in [2.75, 3.05) is 26.2 Å². The maximum absolute atomic E-state index is 13.1. The van der Waals surface area contributed by atoms with Crippen LogP contribution in [0, 0.1) is 0 Å². The maximum atomic E-state index is 13.1. The summed E-state index contributed by atoms with van der Waals surface area (Å²) in [5, 5.41) is 12.7. The molecule has 0 aromatic heterocycles. The Morgan fingerprint density at radius 2 is 1.14 bits per heavy atom. The first-order chi connectivity index (χ1) is 24.2. The van der Waals surface area contributed by atoms with Gasteiger partial charge in [-0.2, -0.15) is 0 Å². The number of amides is 2. The van der Waals surface area contributed by atoms with Crippen molar-refractivity contribution >= 4 is 17.8 Å². The summed E-state index contributed by atoms with van der Waals surface area (Å²) in [6.07, 6.45) is 41.5. The number of hydrogen-bond acceptors (Lipinski definition) is 5. The van der Waals surface area contributed by atoms with Gasteiger partial charge in [-0.1, -0.05) is 161 Å². The number of allylic oxidation sites excluding steroid dienone is 2. The van der Waals surface area contributed by atoms with Crippen molar-refractivity contribution in [3.63, 3.8) is 0 Å². The van der Waals surface area contributed by atoms with Gasteiger partial charge in [0, 0.05) is 32.6 Å². The largest absolute Gasteiger partial charge is 0.356 e. The molecule has 7 nitrogen and oxygen atoms in total. The minimum Gasteiger partial charge on any atom is -0.356 e. The molecule has 4 N–H and O–H groups in total. The van der Waals surface area contributed by atoms with Gasteiger partial charge in [0.15, 0.2) is 5.96 Å². The normalized spacial score (nSPS) is 13.6. The molecule has 0 unspecified atom stereocenters. The van der Waals surface area contributed by atoms with Gasteiger partial charge < -0.3 is 21.3 Å². The molecule has 49 heavy (non-hydrogen) atoms. The molecule has 0 aromatic rings. The van der Waals surface area contributed by atoms with Crippen LogP contribution < -0.4 is 21.3 Å². The Bertz CT molecular complexity index is 815. The fourth-order valence-corrected chi connectivity index (χ4v) is 6.53. The number of nitrogens with one attached hydrogen (secondary N) is 4. The zero-order valence-electron chi connectivity index (χ0n) is 32.5. The van der Waals surface area contributed by atoms with Crippen LogP contribution in [0.1, 0.15) is 206 Å². The summed E-state index contributed by atoms with van der Waals surface area (Å²) >= 11 is 0. The van der Waals surface area contributed by atoms with Crippen LogP contribution in [0.2, 0.25) is 0 Å². The summed E-state index contributed by atoms with van der Waals surface area (Å²) in [6, 6.07) is -0.515. The average molecular weight is 688 g/mol. The number of aliphatic imine (C=N–C) groups is 1. The molecule has 0 fully saturated rings. The lowest BCUT2D eigenvalue weighted by atomic mass is 10.0. The SMILES string of the molecule is CCCCCCCC/C=C\CCCCCCCC(=O)N[C@@H](CCNC1=NCCCN1)C(=O)NCCCCCCCCCCCCCCCC. The summed E-state index contributed by atoms with van der Waals surface area (Å²) in [5.74, 6) is 0.725. The maximum Gasteiger partial charge on any atom is 0.242 e. The highest BCUT2D eigenvalue weighted by atomic mass is 16.2. The first-order valence-corrected chi connectivity index (χ1v) is 21.4. The van der Waals surface area contributed by atoms with E-state index in [1.54, 1.807) is 0 Å². The van der Waals surface area contributed by atoms with E-state index in [1.165, 1.54) is 148 Å². The van der Waals surface area contributed by atoms with Gasteiger partial charge in [-0.3, -0.25) is 14.6 Å². The average Bonchev–Trinajstić information content (AvgIpc) is 3.11. The van der Waals surface area contributed by atoms with Crippen molar-refractivity contribution in [3.05, 3.63) is 12.2 Å². The zero-order valence-corrected chi connectivity index (χ0v) is 32.5. The highest BCUT2D eigenvalue weighted by molar-refractivity contribution is 5.87. The second kappa shape index (κ2) is 35.8. The molecular weight excluding hydrogens is 606 g/mol. The van der Waals surface area contributed by atoms with Gasteiger partial charge in [0.25, 0.3) is 0 Å². The van der Waals surface area contributed by atoms with Gasteiger partial charge in [0.1, 0.15) is 6.04 Å². The third-order valence-corrected chi connectivity index (χ3v) is 9.77.